The van der Waals surface area contributed by atoms with E-state index in [1.54, 1.807) is 0 Å². The highest BCUT2D eigenvalue weighted by Crippen LogP contribution is 2.24. The first-order valence-electron chi connectivity index (χ1n) is 7.41. The van der Waals surface area contributed by atoms with Crippen LogP contribution in [0.3, 0.4) is 0 Å². The Morgan fingerprint density at radius 3 is 2.71 bits per heavy atom. The monoisotopic (exact) mass is 311 g/mol. The molecule has 4 nitrogen and oxygen atoms in total. The van der Waals surface area contributed by atoms with Crippen molar-refractivity contribution in [3.05, 3.63) is 28.8 Å². The second-order valence-corrected chi connectivity index (χ2v) is 6.04. The van der Waals surface area contributed by atoms with Crippen molar-refractivity contribution in [3.63, 3.8) is 0 Å². The average molecular weight is 312 g/mol. The van der Waals surface area contributed by atoms with Gasteiger partial charge in [-0.05, 0) is 30.2 Å². The number of likely N-dealkylation sites (N-methyl/N-ethyl adjacent to an activating group) is 1. The van der Waals surface area contributed by atoms with Gasteiger partial charge in [0.2, 0.25) is 5.91 Å². The molecule has 0 fully saturated rings. The third-order valence-electron chi connectivity index (χ3n) is 3.11. The maximum absolute atomic E-state index is 11.9. The van der Waals surface area contributed by atoms with Gasteiger partial charge >= 0.3 is 0 Å². The Bertz CT molecular complexity index is 463. The number of anilines is 1. The summed E-state index contributed by atoms with van der Waals surface area (Å²) in [5.41, 5.74) is 2.13. The lowest BCUT2D eigenvalue weighted by atomic mass is 10.1. The van der Waals surface area contributed by atoms with Crippen LogP contribution in [0.5, 0.6) is 0 Å². The zero-order chi connectivity index (χ0) is 15.8. The van der Waals surface area contributed by atoms with Crippen molar-refractivity contribution in [1.29, 1.82) is 0 Å². The summed E-state index contributed by atoms with van der Waals surface area (Å²) < 4.78 is 0. The van der Waals surface area contributed by atoms with Crippen molar-refractivity contribution in [2.75, 3.05) is 31.6 Å². The Hall–Kier alpha value is -1.26. The van der Waals surface area contributed by atoms with E-state index in [0.717, 1.165) is 24.3 Å². The van der Waals surface area contributed by atoms with Crippen molar-refractivity contribution < 1.29 is 4.79 Å². The second kappa shape index (κ2) is 8.90. The van der Waals surface area contributed by atoms with Crippen LogP contribution >= 0.6 is 11.6 Å². The van der Waals surface area contributed by atoms with Crippen LogP contribution in [0.15, 0.2) is 18.2 Å². The number of carbonyl (C=O) groups is 1. The number of nitrogens with one attached hydrogen (secondary N) is 2. The Balaban J connectivity index is 2.73. The number of rotatable bonds is 8. The summed E-state index contributed by atoms with van der Waals surface area (Å²) in [6.45, 7) is 8.92. The average Bonchev–Trinajstić information content (AvgIpc) is 2.43. The zero-order valence-electron chi connectivity index (χ0n) is 13.4. The maximum atomic E-state index is 11.9. The SMILES string of the molecule is CCNCc1ccc(Cl)cc1N(C)CC(=O)NCC(C)C. The zero-order valence-corrected chi connectivity index (χ0v) is 14.1. The normalized spacial score (nSPS) is 10.8. The summed E-state index contributed by atoms with van der Waals surface area (Å²) >= 11 is 6.09. The summed E-state index contributed by atoms with van der Waals surface area (Å²) in [6, 6.07) is 5.79. The predicted molar refractivity (Wildman–Crippen MR) is 90.0 cm³/mol. The van der Waals surface area contributed by atoms with E-state index in [9.17, 15) is 4.79 Å². The molecule has 0 heterocycles. The van der Waals surface area contributed by atoms with Gasteiger partial charge in [0.25, 0.3) is 0 Å². The molecular formula is C16H26ClN3O. The van der Waals surface area contributed by atoms with Gasteiger partial charge in [0.05, 0.1) is 6.54 Å². The summed E-state index contributed by atoms with van der Waals surface area (Å²) in [4.78, 5) is 13.9. The van der Waals surface area contributed by atoms with E-state index in [2.05, 4.69) is 31.4 Å². The summed E-state index contributed by atoms with van der Waals surface area (Å²) in [5.74, 6) is 0.482. The minimum absolute atomic E-state index is 0.0283. The van der Waals surface area contributed by atoms with Crippen molar-refractivity contribution in [1.82, 2.24) is 10.6 Å². The van der Waals surface area contributed by atoms with Crippen molar-refractivity contribution >= 4 is 23.2 Å². The van der Waals surface area contributed by atoms with Crippen molar-refractivity contribution in [2.24, 2.45) is 5.92 Å². The molecule has 2 N–H and O–H groups in total. The smallest absolute Gasteiger partial charge is 0.239 e. The molecule has 0 aliphatic heterocycles. The molecule has 0 saturated heterocycles. The fourth-order valence-electron chi connectivity index (χ4n) is 1.98. The fraction of sp³-hybridized carbons (Fsp3) is 0.562. The second-order valence-electron chi connectivity index (χ2n) is 5.61. The molecule has 0 aromatic heterocycles. The molecule has 1 aromatic carbocycles. The third-order valence-corrected chi connectivity index (χ3v) is 3.35. The number of benzene rings is 1. The molecule has 0 radical (unpaired) electrons. The van der Waals surface area contributed by atoms with Gasteiger partial charge in [0.15, 0.2) is 0 Å². The molecule has 21 heavy (non-hydrogen) atoms. The standard InChI is InChI=1S/C16H26ClN3O/c1-5-18-10-13-6-7-14(17)8-15(13)20(4)11-16(21)19-9-12(2)3/h6-8,12,18H,5,9-11H2,1-4H3,(H,19,21). The largest absolute Gasteiger partial charge is 0.365 e. The van der Waals surface area contributed by atoms with Crippen LogP contribution in [0.25, 0.3) is 0 Å². The molecular weight excluding hydrogens is 286 g/mol. The summed E-state index contributed by atoms with van der Waals surface area (Å²) in [7, 11) is 1.91. The molecule has 0 aliphatic rings. The van der Waals surface area contributed by atoms with Gasteiger partial charge < -0.3 is 15.5 Å². The maximum Gasteiger partial charge on any atom is 0.239 e. The van der Waals surface area contributed by atoms with Crippen LogP contribution in [0.1, 0.15) is 26.3 Å². The Kier molecular flexibility index (Phi) is 7.54. The lowest BCUT2D eigenvalue weighted by Crippen LogP contribution is -2.37. The highest BCUT2D eigenvalue weighted by atomic mass is 35.5. The van der Waals surface area contributed by atoms with Crippen LogP contribution in [-0.4, -0.2) is 32.6 Å². The van der Waals surface area contributed by atoms with E-state index in [1.807, 2.05) is 30.1 Å². The molecule has 1 rings (SSSR count). The van der Waals surface area contributed by atoms with E-state index in [4.69, 9.17) is 11.6 Å². The van der Waals surface area contributed by atoms with Crippen LogP contribution in [0.2, 0.25) is 5.02 Å². The minimum atomic E-state index is 0.0283. The Morgan fingerprint density at radius 2 is 2.10 bits per heavy atom. The van der Waals surface area contributed by atoms with E-state index < -0.39 is 0 Å². The number of hydrogen-bond donors (Lipinski definition) is 2. The van der Waals surface area contributed by atoms with Crippen molar-refractivity contribution in [2.45, 2.75) is 27.3 Å². The fourth-order valence-corrected chi connectivity index (χ4v) is 2.14. The molecule has 5 heteroatoms. The van der Waals surface area contributed by atoms with Crippen molar-refractivity contribution in [3.8, 4) is 0 Å². The topological polar surface area (TPSA) is 44.4 Å². The van der Waals surface area contributed by atoms with Gasteiger partial charge in [0.1, 0.15) is 0 Å². The molecule has 1 amide bonds. The predicted octanol–water partition coefficient (Wildman–Crippen LogP) is 2.66. The van der Waals surface area contributed by atoms with Gasteiger partial charge in [-0.3, -0.25) is 4.79 Å². The minimum Gasteiger partial charge on any atom is -0.365 e. The molecule has 0 saturated carbocycles. The Morgan fingerprint density at radius 1 is 1.38 bits per heavy atom. The van der Waals surface area contributed by atoms with Crippen LogP contribution in [-0.2, 0) is 11.3 Å². The first-order chi connectivity index (χ1) is 9.93. The number of hydrogen-bond acceptors (Lipinski definition) is 3. The van der Waals surface area contributed by atoms with Gasteiger partial charge in [-0.2, -0.15) is 0 Å². The van der Waals surface area contributed by atoms with E-state index in [0.29, 0.717) is 24.0 Å². The quantitative estimate of drug-likeness (QED) is 0.776. The van der Waals surface area contributed by atoms with E-state index in [1.165, 1.54) is 0 Å². The molecule has 118 valence electrons. The highest BCUT2D eigenvalue weighted by Gasteiger charge is 2.12. The van der Waals surface area contributed by atoms with E-state index >= 15 is 0 Å². The molecule has 0 spiro atoms. The lowest BCUT2D eigenvalue weighted by molar-refractivity contribution is -0.119. The third kappa shape index (κ3) is 6.36. The van der Waals surface area contributed by atoms with E-state index in [-0.39, 0.29) is 5.91 Å². The van der Waals surface area contributed by atoms with Gasteiger partial charge in [-0.1, -0.05) is 38.4 Å². The number of halogens is 1. The number of carbonyl (C=O) groups excluding carboxylic acids is 1. The molecule has 0 atom stereocenters. The molecule has 0 bridgehead atoms. The Labute approximate surface area is 132 Å². The van der Waals surface area contributed by atoms with Crippen LogP contribution < -0.4 is 15.5 Å². The number of nitrogens with zero attached hydrogens (tertiary/aromatic N) is 1. The highest BCUT2D eigenvalue weighted by molar-refractivity contribution is 6.30. The first kappa shape index (κ1) is 17.8. The van der Waals surface area contributed by atoms with Crippen LogP contribution in [0.4, 0.5) is 5.69 Å². The van der Waals surface area contributed by atoms with Gasteiger partial charge in [0, 0.05) is 30.8 Å². The van der Waals surface area contributed by atoms with Crippen LogP contribution in [0, 0.1) is 5.92 Å². The molecule has 1 aromatic rings. The van der Waals surface area contributed by atoms with Gasteiger partial charge in [-0.25, -0.2) is 0 Å². The lowest BCUT2D eigenvalue weighted by Gasteiger charge is -2.23. The molecule has 0 unspecified atom stereocenters. The molecule has 0 aliphatic carbocycles. The summed E-state index contributed by atoms with van der Waals surface area (Å²) in [6.07, 6.45) is 0. The first-order valence-corrected chi connectivity index (χ1v) is 7.78. The van der Waals surface area contributed by atoms with Gasteiger partial charge in [-0.15, -0.1) is 0 Å². The summed E-state index contributed by atoms with van der Waals surface area (Å²) in [5, 5.41) is 6.91. The number of amides is 1.